The minimum Gasteiger partial charge on any atom is -0.463 e. The third-order valence-corrected chi connectivity index (χ3v) is 3.35. The van der Waals surface area contributed by atoms with Gasteiger partial charge in [0.25, 0.3) is 5.91 Å². The van der Waals surface area contributed by atoms with Gasteiger partial charge < -0.3 is 15.1 Å². The summed E-state index contributed by atoms with van der Waals surface area (Å²) in [5.41, 5.74) is 0.741. The molecule has 0 unspecified atom stereocenters. The Labute approximate surface area is 123 Å². The van der Waals surface area contributed by atoms with Crippen molar-refractivity contribution in [1.29, 1.82) is 0 Å². The van der Waals surface area contributed by atoms with Gasteiger partial charge in [-0.1, -0.05) is 11.6 Å². The molecular weight excluding hydrogens is 276 g/mol. The second kappa shape index (κ2) is 6.59. The zero-order chi connectivity index (χ0) is 14.5. The van der Waals surface area contributed by atoms with E-state index < -0.39 is 0 Å². The van der Waals surface area contributed by atoms with Crippen LogP contribution in [0.2, 0.25) is 5.02 Å². The number of benzene rings is 1. The van der Waals surface area contributed by atoms with Gasteiger partial charge in [-0.15, -0.1) is 0 Å². The molecule has 20 heavy (non-hydrogen) atoms. The average Bonchev–Trinajstić information content (AvgIpc) is 2.95. The number of furan rings is 1. The molecule has 0 radical (unpaired) electrons. The lowest BCUT2D eigenvalue weighted by Crippen LogP contribution is -2.91. The van der Waals surface area contributed by atoms with E-state index in [4.69, 9.17) is 16.0 Å². The van der Waals surface area contributed by atoms with Gasteiger partial charge in [-0.25, -0.2) is 0 Å². The summed E-state index contributed by atoms with van der Waals surface area (Å²) in [5, 5.41) is 5.47. The van der Waals surface area contributed by atoms with Gasteiger partial charge in [-0.2, -0.15) is 0 Å². The standard InChI is InChI=1S/C15H17ClN2O2/c1-10(14-4-3-9-20-14)17-11(2)15(19)18-13-7-5-12(16)6-8-13/h3-11,17H,1-2H3,(H,18,19)/p+1/t10-,11+/m0/s1. The smallest absolute Gasteiger partial charge is 0.282 e. The number of anilines is 1. The number of quaternary nitrogens is 1. The van der Waals surface area contributed by atoms with E-state index in [0.29, 0.717) is 5.02 Å². The van der Waals surface area contributed by atoms with Crippen molar-refractivity contribution in [3.05, 3.63) is 53.4 Å². The predicted octanol–water partition coefficient (Wildman–Crippen LogP) is 2.58. The molecule has 5 heteroatoms. The Balaban J connectivity index is 1.90. The zero-order valence-electron chi connectivity index (χ0n) is 11.5. The Morgan fingerprint density at radius 3 is 2.55 bits per heavy atom. The quantitative estimate of drug-likeness (QED) is 0.890. The topological polar surface area (TPSA) is 58.9 Å². The molecule has 0 aliphatic rings. The summed E-state index contributed by atoms with van der Waals surface area (Å²) in [4.78, 5) is 12.1. The molecule has 1 heterocycles. The lowest BCUT2D eigenvalue weighted by Gasteiger charge is -2.15. The van der Waals surface area contributed by atoms with Gasteiger partial charge >= 0.3 is 0 Å². The fraction of sp³-hybridized carbons (Fsp3) is 0.267. The maximum absolute atomic E-state index is 12.1. The molecule has 0 fully saturated rings. The first-order valence-corrected chi connectivity index (χ1v) is 6.89. The Hall–Kier alpha value is -1.78. The maximum atomic E-state index is 12.1. The van der Waals surface area contributed by atoms with Gasteiger partial charge in [0, 0.05) is 10.7 Å². The van der Waals surface area contributed by atoms with E-state index in [1.807, 2.05) is 31.3 Å². The van der Waals surface area contributed by atoms with Crippen LogP contribution in [0.3, 0.4) is 0 Å². The summed E-state index contributed by atoms with van der Waals surface area (Å²) in [7, 11) is 0. The highest BCUT2D eigenvalue weighted by Crippen LogP contribution is 2.13. The molecular formula is C15H18ClN2O2+. The predicted molar refractivity (Wildman–Crippen MR) is 78.6 cm³/mol. The van der Waals surface area contributed by atoms with Crippen LogP contribution in [0.15, 0.2) is 47.1 Å². The SMILES string of the molecule is C[C@H]([NH2+][C@H](C)C(=O)Nc1ccc(Cl)cc1)c1ccco1. The van der Waals surface area contributed by atoms with Crippen LogP contribution < -0.4 is 10.6 Å². The number of amides is 1. The normalized spacial score (nSPS) is 13.8. The Kier molecular flexibility index (Phi) is 4.82. The summed E-state index contributed by atoms with van der Waals surface area (Å²) in [6.45, 7) is 3.87. The molecule has 106 valence electrons. The summed E-state index contributed by atoms with van der Waals surface area (Å²) >= 11 is 5.81. The lowest BCUT2D eigenvalue weighted by atomic mass is 10.2. The molecule has 4 nitrogen and oxygen atoms in total. The van der Waals surface area contributed by atoms with Crippen molar-refractivity contribution in [2.45, 2.75) is 25.9 Å². The minimum absolute atomic E-state index is 0.0503. The van der Waals surface area contributed by atoms with E-state index in [9.17, 15) is 4.79 Å². The lowest BCUT2D eigenvalue weighted by molar-refractivity contribution is -0.711. The molecule has 2 rings (SSSR count). The molecule has 0 aliphatic carbocycles. The number of carbonyl (C=O) groups is 1. The van der Waals surface area contributed by atoms with E-state index in [1.54, 1.807) is 30.5 Å². The molecule has 3 N–H and O–H groups in total. The van der Waals surface area contributed by atoms with Crippen LogP contribution in [0.1, 0.15) is 25.6 Å². The van der Waals surface area contributed by atoms with Crippen molar-refractivity contribution >= 4 is 23.2 Å². The largest absolute Gasteiger partial charge is 0.463 e. The fourth-order valence-electron chi connectivity index (χ4n) is 1.95. The number of rotatable bonds is 5. The van der Waals surface area contributed by atoms with Gasteiger partial charge in [0.15, 0.2) is 11.8 Å². The van der Waals surface area contributed by atoms with E-state index in [2.05, 4.69) is 5.32 Å². The van der Waals surface area contributed by atoms with Crippen LogP contribution in [0.25, 0.3) is 0 Å². The molecule has 0 saturated carbocycles. The van der Waals surface area contributed by atoms with Crippen molar-refractivity contribution in [3.8, 4) is 0 Å². The second-order valence-corrected chi connectivity index (χ2v) is 5.22. The summed E-state index contributed by atoms with van der Waals surface area (Å²) in [6.07, 6.45) is 1.64. The number of nitrogens with one attached hydrogen (secondary N) is 1. The van der Waals surface area contributed by atoms with Crippen LogP contribution in [0.4, 0.5) is 5.69 Å². The van der Waals surface area contributed by atoms with Gasteiger partial charge in [-0.05, 0) is 50.2 Å². The van der Waals surface area contributed by atoms with Crippen LogP contribution in [0.5, 0.6) is 0 Å². The first-order chi connectivity index (χ1) is 9.56. The molecule has 2 aromatic rings. The average molecular weight is 294 g/mol. The second-order valence-electron chi connectivity index (χ2n) is 4.78. The molecule has 0 spiro atoms. The highest BCUT2D eigenvalue weighted by molar-refractivity contribution is 6.30. The van der Waals surface area contributed by atoms with Crippen molar-refractivity contribution < 1.29 is 14.5 Å². The summed E-state index contributed by atoms with van der Waals surface area (Å²) in [6, 6.07) is 10.7. The molecule has 1 amide bonds. The van der Waals surface area contributed by atoms with Crippen LogP contribution in [-0.2, 0) is 4.79 Å². The molecule has 1 aromatic carbocycles. The van der Waals surface area contributed by atoms with Gasteiger partial charge in [0.2, 0.25) is 0 Å². The maximum Gasteiger partial charge on any atom is 0.282 e. The van der Waals surface area contributed by atoms with Crippen LogP contribution in [0, 0.1) is 0 Å². The molecule has 0 saturated heterocycles. The third kappa shape index (κ3) is 3.85. The summed E-state index contributed by atoms with van der Waals surface area (Å²) < 4.78 is 5.33. The number of carbonyl (C=O) groups excluding carboxylic acids is 1. The van der Waals surface area contributed by atoms with Crippen molar-refractivity contribution in [1.82, 2.24) is 0 Å². The minimum atomic E-state index is -0.217. The van der Waals surface area contributed by atoms with Crippen molar-refractivity contribution in [2.24, 2.45) is 0 Å². The van der Waals surface area contributed by atoms with Crippen LogP contribution >= 0.6 is 11.6 Å². The van der Waals surface area contributed by atoms with Crippen molar-refractivity contribution in [3.63, 3.8) is 0 Å². The molecule has 0 aliphatic heterocycles. The monoisotopic (exact) mass is 293 g/mol. The molecule has 2 atom stereocenters. The molecule has 0 bridgehead atoms. The summed E-state index contributed by atoms with van der Waals surface area (Å²) in [5.74, 6) is 0.807. The number of hydrogen-bond acceptors (Lipinski definition) is 2. The third-order valence-electron chi connectivity index (χ3n) is 3.09. The highest BCUT2D eigenvalue weighted by atomic mass is 35.5. The van der Waals surface area contributed by atoms with E-state index in [-0.39, 0.29) is 18.0 Å². The number of halogens is 1. The zero-order valence-corrected chi connectivity index (χ0v) is 12.2. The van der Waals surface area contributed by atoms with Gasteiger partial charge in [0.1, 0.15) is 6.04 Å². The highest BCUT2D eigenvalue weighted by Gasteiger charge is 2.21. The van der Waals surface area contributed by atoms with Crippen molar-refractivity contribution in [2.75, 3.05) is 5.32 Å². The fourth-order valence-corrected chi connectivity index (χ4v) is 2.08. The number of nitrogens with two attached hydrogens (primary N) is 1. The van der Waals surface area contributed by atoms with Gasteiger partial charge in [0.05, 0.1) is 6.26 Å². The van der Waals surface area contributed by atoms with E-state index in [1.165, 1.54) is 0 Å². The van der Waals surface area contributed by atoms with Crippen LogP contribution in [-0.4, -0.2) is 11.9 Å². The first-order valence-electron chi connectivity index (χ1n) is 6.51. The Morgan fingerprint density at radius 1 is 1.25 bits per heavy atom. The molecule has 1 aromatic heterocycles. The Bertz CT molecular complexity index is 552. The number of hydrogen-bond donors (Lipinski definition) is 2. The van der Waals surface area contributed by atoms with E-state index >= 15 is 0 Å². The Morgan fingerprint density at radius 2 is 1.95 bits per heavy atom. The first kappa shape index (κ1) is 14.6. The van der Waals surface area contributed by atoms with Gasteiger partial charge in [-0.3, -0.25) is 4.79 Å². The van der Waals surface area contributed by atoms with E-state index in [0.717, 1.165) is 11.4 Å².